The first-order valence-corrected chi connectivity index (χ1v) is 8.74. The molecule has 1 aliphatic heterocycles. The molecule has 0 radical (unpaired) electrons. The molecule has 0 bridgehead atoms. The molecule has 1 amide bonds. The van der Waals surface area contributed by atoms with Gasteiger partial charge < -0.3 is 14.9 Å². The molecule has 1 saturated carbocycles. The fourth-order valence-electron chi connectivity index (χ4n) is 3.87. The third-order valence-electron chi connectivity index (χ3n) is 5.15. The van der Waals surface area contributed by atoms with Crippen molar-refractivity contribution in [1.82, 2.24) is 14.7 Å². The van der Waals surface area contributed by atoms with Crippen molar-refractivity contribution in [2.45, 2.75) is 44.1 Å². The van der Waals surface area contributed by atoms with Gasteiger partial charge in [0.1, 0.15) is 0 Å². The zero-order valence-electron chi connectivity index (χ0n) is 14.6. The number of likely N-dealkylation sites (N-methyl/N-ethyl adjacent to an activating group) is 1. The van der Waals surface area contributed by atoms with Crippen LogP contribution in [0.4, 0.5) is 0 Å². The molecular formula is C17H33N3O2. The monoisotopic (exact) mass is 311 g/mol. The molecule has 0 aromatic rings. The Morgan fingerprint density at radius 3 is 2.36 bits per heavy atom. The molecular weight excluding hydrogens is 278 g/mol. The van der Waals surface area contributed by atoms with Crippen LogP contribution in [-0.2, 0) is 4.79 Å². The summed E-state index contributed by atoms with van der Waals surface area (Å²) >= 11 is 0. The zero-order valence-corrected chi connectivity index (χ0v) is 14.6. The minimum absolute atomic E-state index is 0.0110. The van der Waals surface area contributed by atoms with E-state index >= 15 is 0 Å². The highest BCUT2D eigenvalue weighted by Crippen LogP contribution is 2.28. The third-order valence-corrected chi connectivity index (χ3v) is 5.15. The maximum atomic E-state index is 12.4. The number of carbonyl (C=O) groups is 1. The number of β-amino-alcohol motifs (C(OH)–C–C–N with tert-alkyl or cyclic N) is 1. The van der Waals surface area contributed by atoms with Crippen molar-refractivity contribution >= 4 is 5.91 Å². The largest absolute Gasteiger partial charge is 0.389 e. The Morgan fingerprint density at radius 1 is 1.14 bits per heavy atom. The Hall–Kier alpha value is -0.650. The lowest BCUT2D eigenvalue weighted by Gasteiger charge is -2.34. The van der Waals surface area contributed by atoms with Crippen LogP contribution in [-0.4, -0.2) is 85.2 Å². The maximum absolute atomic E-state index is 12.4. The van der Waals surface area contributed by atoms with Gasteiger partial charge in [-0.3, -0.25) is 9.69 Å². The number of aliphatic hydroxyl groups is 1. The molecule has 2 aliphatic rings. The number of carbonyl (C=O) groups excluding carboxylic acids is 1. The van der Waals surface area contributed by atoms with E-state index in [9.17, 15) is 9.90 Å². The van der Waals surface area contributed by atoms with Crippen LogP contribution in [0.3, 0.4) is 0 Å². The van der Waals surface area contributed by atoms with E-state index in [-0.39, 0.29) is 11.8 Å². The van der Waals surface area contributed by atoms with E-state index in [0.29, 0.717) is 0 Å². The average molecular weight is 311 g/mol. The summed E-state index contributed by atoms with van der Waals surface area (Å²) in [6, 6.07) is 0. The topological polar surface area (TPSA) is 47.0 Å². The number of rotatable bonds is 3. The van der Waals surface area contributed by atoms with Gasteiger partial charge in [-0.2, -0.15) is 0 Å². The molecule has 1 unspecified atom stereocenters. The van der Waals surface area contributed by atoms with Crippen LogP contribution in [0.15, 0.2) is 0 Å². The smallest absolute Gasteiger partial charge is 0.227 e. The first kappa shape index (κ1) is 17.7. The number of hydrogen-bond donors (Lipinski definition) is 1. The van der Waals surface area contributed by atoms with Gasteiger partial charge in [0, 0.05) is 46.8 Å². The van der Waals surface area contributed by atoms with Crippen molar-refractivity contribution in [2.75, 3.05) is 53.9 Å². The standard InChI is InChI=1S/C17H33N3O2/c1-18(2)16(21)15-12-19(3)10-11-20(13-15)14-17(22)8-6-4-5-7-9-17/h15,22H,4-14H2,1-3H3. The molecule has 22 heavy (non-hydrogen) atoms. The first-order valence-electron chi connectivity index (χ1n) is 8.74. The predicted octanol–water partition coefficient (Wildman–Crippen LogP) is 1.02. The summed E-state index contributed by atoms with van der Waals surface area (Å²) in [5.74, 6) is 0.212. The molecule has 128 valence electrons. The lowest BCUT2D eigenvalue weighted by Crippen LogP contribution is -2.46. The highest BCUT2D eigenvalue weighted by molar-refractivity contribution is 5.78. The van der Waals surface area contributed by atoms with Crippen molar-refractivity contribution in [3.8, 4) is 0 Å². The predicted molar refractivity (Wildman–Crippen MR) is 88.8 cm³/mol. The second-order valence-electron chi connectivity index (χ2n) is 7.57. The van der Waals surface area contributed by atoms with Crippen LogP contribution in [0.1, 0.15) is 38.5 Å². The van der Waals surface area contributed by atoms with Gasteiger partial charge in [0.25, 0.3) is 0 Å². The average Bonchev–Trinajstić information content (AvgIpc) is 2.77. The van der Waals surface area contributed by atoms with Gasteiger partial charge in [-0.05, 0) is 19.9 Å². The highest BCUT2D eigenvalue weighted by atomic mass is 16.3. The summed E-state index contributed by atoms with van der Waals surface area (Å²) in [5.41, 5.74) is -0.550. The molecule has 1 atom stereocenters. The highest BCUT2D eigenvalue weighted by Gasteiger charge is 2.34. The lowest BCUT2D eigenvalue weighted by molar-refractivity contribution is -0.134. The molecule has 2 fully saturated rings. The van der Waals surface area contributed by atoms with Crippen molar-refractivity contribution in [3.05, 3.63) is 0 Å². The van der Waals surface area contributed by atoms with E-state index in [1.165, 1.54) is 12.8 Å². The molecule has 5 nitrogen and oxygen atoms in total. The summed E-state index contributed by atoms with van der Waals surface area (Å²) in [4.78, 5) is 18.6. The summed E-state index contributed by atoms with van der Waals surface area (Å²) in [6.45, 7) is 4.21. The molecule has 1 saturated heterocycles. The number of hydrogen-bond acceptors (Lipinski definition) is 4. The fourth-order valence-corrected chi connectivity index (χ4v) is 3.87. The zero-order chi connectivity index (χ0) is 16.2. The minimum atomic E-state index is -0.550. The van der Waals surface area contributed by atoms with E-state index in [2.05, 4.69) is 16.8 Å². The van der Waals surface area contributed by atoms with Crippen LogP contribution in [0.25, 0.3) is 0 Å². The van der Waals surface area contributed by atoms with Gasteiger partial charge in [-0.15, -0.1) is 0 Å². The molecule has 1 N–H and O–H groups in total. The van der Waals surface area contributed by atoms with Crippen LogP contribution in [0.5, 0.6) is 0 Å². The molecule has 1 aliphatic carbocycles. The Kier molecular flexibility index (Phi) is 6.24. The Balaban J connectivity index is 2.01. The van der Waals surface area contributed by atoms with E-state index in [0.717, 1.165) is 58.4 Å². The SMILES string of the molecule is CN1CCN(CC2(O)CCCCCC2)CC(C(=O)N(C)C)C1. The third kappa shape index (κ3) is 4.93. The van der Waals surface area contributed by atoms with E-state index < -0.39 is 5.60 Å². The number of nitrogens with zero attached hydrogens (tertiary/aromatic N) is 3. The summed E-state index contributed by atoms with van der Waals surface area (Å²) in [5, 5.41) is 10.9. The van der Waals surface area contributed by atoms with Crippen molar-refractivity contribution in [1.29, 1.82) is 0 Å². The van der Waals surface area contributed by atoms with E-state index in [1.54, 1.807) is 4.90 Å². The van der Waals surface area contributed by atoms with Crippen molar-refractivity contribution in [2.24, 2.45) is 5.92 Å². The molecule has 0 aromatic heterocycles. The quantitative estimate of drug-likeness (QED) is 0.791. The van der Waals surface area contributed by atoms with Gasteiger partial charge in [-0.25, -0.2) is 0 Å². The van der Waals surface area contributed by atoms with E-state index in [4.69, 9.17) is 0 Å². The van der Waals surface area contributed by atoms with Crippen LogP contribution < -0.4 is 0 Å². The van der Waals surface area contributed by atoms with Crippen molar-refractivity contribution in [3.63, 3.8) is 0 Å². The molecule has 5 heteroatoms. The normalized spacial score (nSPS) is 27.9. The van der Waals surface area contributed by atoms with Crippen LogP contribution >= 0.6 is 0 Å². The van der Waals surface area contributed by atoms with Crippen molar-refractivity contribution < 1.29 is 9.90 Å². The number of amides is 1. The second kappa shape index (κ2) is 7.75. The summed E-state index contributed by atoms with van der Waals surface area (Å²) in [7, 11) is 5.74. The molecule has 1 heterocycles. The van der Waals surface area contributed by atoms with Crippen LogP contribution in [0, 0.1) is 5.92 Å². The molecule has 2 rings (SSSR count). The molecule has 0 aromatic carbocycles. The summed E-state index contributed by atoms with van der Waals surface area (Å²) < 4.78 is 0. The lowest BCUT2D eigenvalue weighted by atomic mass is 9.93. The molecule has 0 spiro atoms. The first-order chi connectivity index (χ1) is 10.4. The second-order valence-corrected chi connectivity index (χ2v) is 7.57. The van der Waals surface area contributed by atoms with Gasteiger partial charge in [0.2, 0.25) is 5.91 Å². The Bertz CT molecular complexity index is 365. The minimum Gasteiger partial charge on any atom is -0.389 e. The Labute approximate surface area is 135 Å². The van der Waals surface area contributed by atoms with Gasteiger partial charge in [0.15, 0.2) is 0 Å². The summed E-state index contributed by atoms with van der Waals surface area (Å²) in [6.07, 6.45) is 6.56. The fraction of sp³-hybridized carbons (Fsp3) is 0.941. The maximum Gasteiger partial charge on any atom is 0.227 e. The van der Waals surface area contributed by atoms with Gasteiger partial charge in [0.05, 0.1) is 11.5 Å². The van der Waals surface area contributed by atoms with Crippen LogP contribution in [0.2, 0.25) is 0 Å². The van der Waals surface area contributed by atoms with Gasteiger partial charge in [-0.1, -0.05) is 25.7 Å². The van der Waals surface area contributed by atoms with Gasteiger partial charge >= 0.3 is 0 Å². The van der Waals surface area contributed by atoms with E-state index in [1.807, 2.05) is 14.1 Å². The Morgan fingerprint density at radius 2 is 1.77 bits per heavy atom.